The highest BCUT2D eigenvalue weighted by molar-refractivity contribution is 9.10. The van der Waals surface area contributed by atoms with Crippen LogP contribution in [0.2, 0.25) is 0 Å². The molecular formula is C16H10BrNO4. The molecule has 0 unspecified atom stereocenters. The molecule has 1 aliphatic rings. The van der Waals surface area contributed by atoms with E-state index in [-0.39, 0.29) is 23.9 Å². The predicted molar refractivity (Wildman–Crippen MR) is 81.7 cm³/mol. The summed E-state index contributed by atoms with van der Waals surface area (Å²) in [6.07, 6.45) is 0. The number of carbonyl (C=O) groups excluding carboxylic acids is 2. The highest BCUT2D eigenvalue weighted by Crippen LogP contribution is 2.27. The molecular weight excluding hydrogens is 350 g/mol. The molecule has 1 heterocycles. The molecule has 0 saturated heterocycles. The van der Waals surface area contributed by atoms with Crippen LogP contribution in [0.25, 0.3) is 0 Å². The molecule has 0 fully saturated rings. The Labute approximate surface area is 134 Å². The van der Waals surface area contributed by atoms with Gasteiger partial charge in [-0.3, -0.25) is 14.5 Å². The number of hydrogen-bond acceptors (Lipinski definition) is 3. The van der Waals surface area contributed by atoms with Gasteiger partial charge in [-0.15, -0.1) is 0 Å². The Morgan fingerprint density at radius 2 is 1.64 bits per heavy atom. The molecule has 110 valence electrons. The zero-order valence-corrected chi connectivity index (χ0v) is 12.8. The van der Waals surface area contributed by atoms with E-state index in [1.807, 2.05) is 0 Å². The number of halogens is 1. The van der Waals surface area contributed by atoms with Gasteiger partial charge in [-0.05, 0) is 35.9 Å². The average molecular weight is 360 g/mol. The van der Waals surface area contributed by atoms with Crippen LogP contribution in [0.15, 0.2) is 46.9 Å². The number of carbonyl (C=O) groups is 3. The molecule has 0 spiro atoms. The Kier molecular flexibility index (Phi) is 3.54. The van der Waals surface area contributed by atoms with Crippen molar-refractivity contribution in [3.05, 3.63) is 69.2 Å². The van der Waals surface area contributed by atoms with Crippen LogP contribution in [0.5, 0.6) is 0 Å². The molecule has 2 aromatic rings. The summed E-state index contributed by atoms with van der Waals surface area (Å²) in [4.78, 5) is 36.8. The summed E-state index contributed by atoms with van der Waals surface area (Å²) in [7, 11) is 0. The van der Waals surface area contributed by atoms with Crippen LogP contribution >= 0.6 is 15.9 Å². The molecule has 5 nitrogen and oxygen atoms in total. The standard InChI is InChI=1S/C16H10BrNO4/c17-13-6-5-9(16(21)22)7-10(13)8-18-14(19)11-3-1-2-4-12(11)15(18)20/h1-7H,8H2,(H,21,22). The summed E-state index contributed by atoms with van der Waals surface area (Å²) >= 11 is 3.32. The predicted octanol–water partition coefficient (Wildman–Crippen LogP) is 2.94. The fourth-order valence-corrected chi connectivity index (χ4v) is 2.75. The molecule has 0 atom stereocenters. The van der Waals surface area contributed by atoms with Crippen LogP contribution in [0.4, 0.5) is 0 Å². The molecule has 0 bridgehead atoms. The quantitative estimate of drug-likeness (QED) is 0.854. The summed E-state index contributed by atoms with van der Waals surface area (Å²) in [5.41, 5.74) is 1.42. The van der Waals surface area contributed by atoms with E-state index in [0.29, 0.717) is 21.2 Å². The van der Waals surface area contributed by atoms with Crippen molar-refractivity contribution in [2.45, 2.75) is 6.54 Å². The second-order valence-electron chi connectivity index (χ2n) is 4.85. The molecule has 1 aliphatic heterocycles. The van der Waals surface area contributed by atoms with Gasteiger partial charge in [0.05, 0.1) is 23.2 Å². The van der Waals surface area contributed by atoms with Gasteiger partial charge < -0.3 is 5.11 Å². The third-order valence-corrected chi connectivity index (χ3v) is 4.27. The number of carboxylic acid groups (broad SMARTS) is 1. The maximum atomic E-state index is 12.3. The van der Waals surface area contributed by atoms with Gasteiger partial charge in [-0.2, -0.15) is 0 Å². The Balaban J connectivity index is 1.95. The van der Waals surface area contributed by atoms with E-state index in [9.17, 15) is 14.4 Å². The number of imide groups is 1. The summed E-state index contributed by atoms with van der Waals surface area (Å²) < 4.78 is 0.647. The summed E-state index contributed by atoms with van der Waals surface area (Å²) in [6.45, 7) is 0.0219. The molecule has 3 rings (SSSR count). The summed E-state index contributed by atoms with van der Waals surface area (Å²) in [6, 6.07) is 11.1. The number of aromatic carboxylic acids is 1. The van der Waals surface area contributed by atoms with Crippen molar-refractivity contribution < 1.29 is 19.5 Å². The Morgan fingerprint density at radius 1 is 1.05 bits per heavy atom. The van der Waals surface area contributed by atoms with Gasteiger partial charge in [0.1, 0.15) is 0 Å². The maximum absolute atomic E-state index is 12.3. The Morgan fingerprint density at radius 3 is 2.18 bits per heavy atom. The molecule has 6 heteroatoms. The third-order valence-electron chi connectivity index (χ3n) is 3.50. The van der Waals surface area contributed by atoms with E-state index < -0.39 is 5.97 Å². The molecule has 1 N–H and O–H groups in total. The van der Waals surface area contributed by atoms with Crippen molar-refractivity contribution in [1.82, 2.24) is 4.90 Å². The number of hydrogen-bond donors (Lipinski definition) is 1. The largest absolute Gasteiger partial charge is 0.478 e. The van der Waals surface area contributed by atoms with Crippen molar-refractivity contribution in [3.8, 4) is 0 Å². The van der Waals surface area contributed by atoms with E-state index in [0.717, 1.165) is 4.90 Å². The van der Waals surface area contributed by atoms with Crippen LogP contribution in [-0.4, -0.2) is 27.8 Å². The van der Waals surface area contributed by atoms with Crippen LogP contribution in [0, 0.1) is 0 Å². The monoisotopic (exact) mass is 359 g/mol. The molecule has 2 aromatic carbocycles. The van der Waals surface area contributed by atoms with E-state index >= 15 is 0 Å². The van der Waals surface area contributed by atoms with Gasteiger partial charge >= 0.3 is 5.97 Å². The highest BCUT2D eigenvalue weighted by Gasteiger charge is 2.35. The zero-order chi connectivity index (χ0) is 15.9. The molecule has 22 heavy (non-hydrogen) atoms. The number of benzene rings is 2. The number of amides is 2. The number of fused-ring (bicyclic) bond motifs is 1. The number of rotatable bonds is 3. The molecule has 0 radical (unpaired) electrons. The van der Waals surface area contributed by atoms with Gasteiger partial charge in [-0.1, -0.05) is 28.1 Å². The van der Waals surface area contributed by atoms with Crippen molar-refractivity contribution in [1.29, 1.82) is 0 Å². The molecule has 0 aromatic heterocycles. The van der Waals surface area contributed by atoms with E-state index in [1.54, 1.807) is 30.3 Å². The normalized spacial score (nSPS) is 13.4. The van der Waals surface area contributed by atoms with Crippen LogP contribution in [0.1, 0.15) is 36.6 Å². The first-order valence-electron chi connectivity index (χ1n) is 6.46. The van der Waals surface area contributed by atoms with Gasteiger partial charge in [0.2, 0.25) is 0 Å². The van der Waals surface area contributed by atoms with Gasteiger partial charge in [0.15, 0.2) is 0 Å². The van der Waals surface area contributed by atoms with Crippen molar-refractivity contribution >= 4 is 33.7 Å². The van der Waals surface area contributed by atoms with Crippen molar-refractivity contribution in [3.63, 3.8) is 0 Å². The van der Waals surface area contributed by atoms with E-state index in [4.69, 9.17) is 5.11 Å². The Hall–Kier alpha value is -2.47. The lowest BCUT2D eigenvalue weighted by Crippen LogP contribution is -2.29. The van der Waals surface area contributed by atoms with Crippen molar-refractivity contribution in [2.24, 2.45) is 0 Å². The molecule has 0 saturated carbocycles. The first-order valence-corrected chi connectivity index (χ1v) is 7.25. The maximum Gasteiger partial charge on any atom is 0.335 e. The number of carboxylic acids is 1. The van der Waals surface area contributed by atoms with Gasteiger partial charge in [0.25, 0.3) is 11.8 Å². The smallest absolute Gasteiger partial charge is 0.335 e. The first-order chi connectivity index (χ1) is 10.5. The molecule has 2 amide bonds. The van der Waals surface area contributed by atoms with E-state index in [1.165, 1.54) is 12.1 Å². The van der Waals surface area contributed by atoms with Crippen LogP contribution in [0.3, 0.4) is 0 Å². The lowest BCUT2D eigenvalue weighted by Gasteiger charge is -2.15. The third kappa shape index (κ3) is 2.31. The summed E-state index contributed by atoms with van der Waals surface area (Å²) in [5.74, 6) is -1.79. The lowest BCUT2D eigenvalue weighted by atomic mass is 10.1. The zero-order valence-electron chi connectivity index (χ0n) is 11.2. The van der Waals surface area contributed by atoms with Crippen LogP contribution in [-0.2, 0) is 6.54 Å². The lowest BCUT2D eigenvalue weighted by molar-refractivity contribution is 0.0641. The second kappa shape index (κ2) is 5.38. The minimum Gasteiger partial charge on any atom is -0.478 e. The number of nitrogens with zero attached hydrogens (tertiary/aromatic N) is 1. The van der Waals surface area contributed by atoms with Gasteiger partial charge in [0, 0.05) is 4.47 Å². The van der Waals surface area contributed by atoms with Gasteiger partial charge in [-0.25, -0.2) is 4.79 Å². The fraction of sp³-hybridized carbons (Fsp3) is 0.0625. The summed E-state index contributed by atoms with van der Waals surface area (Å²) in [5, 5.41) is 9.04. The topological polar surface area (TPSA) is 74.7 Å². The second-order valence-corrected chi connectivity index (χ2v) is 5.71. The Bertz CT molecular complexity index is 781. The molecule has 0 aliphatic carbocycles. The van der Waals surface area contributed by atoms with E-state index in [2.05, 4.69) is 15.9 Å². The highest BCUT2D eigenvalue weighted by atomic mass is 79.9. The minimum atomic E-state index is -1.06. The first kappa shape index (κ1) is 14.5. The average Bonchev–Trinajstić information content (AvgIpc) is 2.74. The minimum absolute atomic E-state index is 0.0219. The SMILES string of the molecule is O=C(O)c1ccc(Br)c(CN2C(=O)c3ccccc3C2=O)c1. The fourth-order valence-electron chi connectivity index (χ4n) is 2.38. The van der Waals surface area contributed by atoms with Crippen molar-refractivity contribution in [2.75, 3.05) is 0 Å². The van der Waals surface area contributed by atoms with Crippen LogP contribution < -0.4 is 0 Å².